The first-order chi connectivity index (χ1) is 3.70. The predicted octanol–water partition coefficient (Wildman–Crippen LogP) is -0.649. The Morgan fingerprint density at radius 2 is 2.22 bits per heavy atom. The molecule has 0 fully saturated rings. The molecule has 4 heteroatoms. The molecule has 1 rings (SSSR count). The maximum absolute atomic E-state index is 4.03. The number of hydrogen-bond donors (Lipinski definition) is 0. The molecule has 0 aliphatic carbocycles. The molecule has 1 aromatic rings. The molecule has 1 radical (unpaired) electrons. The summed E-state index contributed by atoms with van der Waals surface area (Å²) in [7, 11) is 3.78. The molecule has 0 N–H and O–H groups in total. The van der Waals surface area contributed by atoms with Crippen molar-refractivity contribution in [3.05, 3.63) is 11.9 Å². The third-order valence-electron chi connectivity index (χ3n) is 1.05. The summed E-state index contributed by atoms with van der Waals surface area (Å²) in [5.41, 5.74) is 0.926. The number of hydrogen-bond acceptors (Lipinski definition) is 1. The van der Waals surface area contributed by atoms with Gasteiger partial charge in [0.1, 0.15) is 0 Å². The summed E-state index contributed by atoms with van der Waals surface area (Å²) in [5, 5.41) is 4.03. The maximum atomic E-state index is 4.03. The van der Waals surface area contributed by atoms with E-state index in [1.165, 1.54) is 0 Å². The van der Waals surface area contributed by atoms with E-state index in [4.69, 9.17) is 0 Å². The van der Waals surface area contributed by atoms with E-state index in [2.05, 4.69) is 11.3 Å². The van der Waals surface area contributed by atoms with Gasteiger partial charge in [-0.3, -0.25) is 0 Å². The van der Waals surface area contributed by atoms with Crippen LogP contribution in [0.1, 0.15) is 5.69 Å². The normalized spacial score (nSPS) is 8.78. The Morgan fingerprint density at radius 3 is 2.33 bits per heavy atom. The van der Waals surface area contributed by atoms with Crippen LogP contribution in [-0.2, 0) is 46.8 Å². The summed E-state index contributed by atoms with van der Waals surface area (Å²) >= 11 is 0. The quantitative estimate of drug-likeness (QED) is 0.403. The van der Waals surface area contributed by atoms with Gasteiger partial charge in [-0.1, -0.05) is 4.80 Å². The first-order valence-electron chi connectivity index (χ1n) is 2.49. The van der Waals surface area contributed by atoms with Gasteiger partial charge in [-0.05, 0) is 12.0 Å². The van der Waals surface area contributed by atoms with Crippen molar-refractivity contribution in [1.29, 1.82) is 0 Å². The van der Waals surface area contributed by atoms with Crippen LogP contribution in [0.4, 0.5) is 0 Å². The van der Waals surface area contributed by atoms with Crippen molar-refractivity contribution in [2.75, 3.05) is 0 Å². The largest absolute Gasteiger partial charge is 0.338 e. The standard InChI is InChI=1S/C5H9N3.Y/c1-5-4-7(2)8(3)6-5;/h1-3H3;. The van der Waals surface area contributed by atoms with E-state index >= 15 is 0 Å². The summed E-state index contributed by atoms with van der Waals surface area (Å²) in [6.45, 7) is 1.92. The second-order valence-corrected chi connectivity index (χ2v) is 1.81. The second kappa shape index (κ2) is 3.42. The fraction of sp³-hybridized carbons (Fsp3) is 0.600. The minimum Gasteiger partial charge on any atom is -0.338 e. The van der Waals surface area contributed by atoms with E-state index in [9.17, 15) is 0 Å². The van der Waals surface area contributed by atoms with Crippen LogP contribution >= 0.6 is 0 Å². The first kappa shape index (κ1) is 9.24. The molecule has 0 saturated carbocycles. The molecule has 47 valence electrons. The molecule has 0 aliphatic heterocycles. The second-order valence-electron chi connectivity index (χ2n) is 1.81. The van der Waals surface area contributed by atoms with Crippen LogP contribution in [0.15, 0.2) is 0 Å². The zero-order chi connectivity index (χ0) is 6.15. The SMILES string of the molecule is Cc1[c-][n+](C)n(C)n1.[Y]. The van der Waals surface area contributed by atoms with Gasteiger partial charge in [0, 0.05) is 38.4 Å². The molecule has 0 unspecified atom stereocenters. The van der Waals surface area contributed by atoms with Crippen molar-refractivity contribution in [3.63, 3.8) is 0 Å². The predicted molar refractivity (Wildman–Crippen MR) is 28.0 cm³/mol. The van der Waals surface area contributed by atoms with Gasteiger partial charge in [0.25, 0.3) is 0 Å². The summed E-state index contributed by atoms with van der Waals surface area (Å²) in [6, 6.07) is 0. The van der Waals surface area contributed by atoms with Crippen LogP contribution in [0.25, 0.3) is 0 Å². The van der Waals surface area contributed by atoms with Gasteiger partial charge >= 0.3 is 0 Å². The van der Waals surface area contributed by atoms with Crippen molar-refractivity contribution in [2.24, 2.45) is 14.1 Å². The Kier molecular flexibility index (Phi) is 3.51. The molecule has 0 amide bonds. The third kappa shape index (κ3) is 2.14. The van der Waals surface area contributed by atoms with Crippen molar-refractivity contribution in [3.8, 4) is 0 Å². The molecule has 1 heterocycles. The molecule has 0 saturated heterocycles. The zero-order valence-electron chi connectivity index (χ0n) is 5.92. The van der Waals surface area contributed by atoms with Crippen molar-refractivity contribution >= 4 is 0 Å². The van der Waals surface area contributed by atoms with Gasteiger partial charge in [-0.15, -0.1) is 0 Å². The smallest absolute Gasteiger partial charge is 0.0860 e. The van der Waals surface area contributed by atoms with Gasteiger partial charge in [0.05, 0.1) is 14.1 Å². The Labute approximate surface area is 79.9 Å². The number of nitrogens with zero attached hydrogens (tertiary/aromatic N) is 3. The molecule has 1 aromatic heterocycles. The van der Waals surface area contributed by atoms with Gasteiger partial charge in [0.2, 0.25) is 0 Å². The summed E-state index contributed by atoms with van der Waals surface area (Å²) in [6.07, 6.45) is 2.98. The third-order valence-corrected chi connectivity index (χ3v) is 1.05. The molecule has 9 heavy (non-hydrogen) atoms. The van der Waals surface area contributed by atoms with Gasteiger partial charge in [0.15, 0.2) is 0 Å². The molecule has 0 bridgehead atoms. The van der Waals surface area contributed by atoms with Gasteiger partial charge in [-0.25, -0.2) is 0 Å². The molecule has 3 nitrogen and oxygen atoms in total. The Bertz CT molecular complexity index is 175. The van der Waals surface area contributed by atoms with Crippen LogP contribution in [0.3, 0.4) is 0 Å². The molecular formula is C5H9N3Y. The molecular weight excluding hydrogens is 191 g/mol. The van der Waals surface area contributed by atoms with Crippen molar-refractivity contribution in [2.45, 2.75) is 6.92 Å². The zero-order valence-corrected chi connectivity index (χ0v) is 8.76. The van der Waals surface area contributed by atoms with Crippen LogP contribution in [0.2, 0.25) is 0 Å². The average molecular weight is 200 g/mol. The van der Waals surface area contributed by atoms with E-state index in [1.54, 1.807) is 9.48 Å². The fourth-order valence-corrected chi connectivity index (χ4v) is 0.613. The van der Waals surface area contributed by atoms with Crippen molar-refractivity contribution in [1.82, 2.24) is 9.90 Å². The Balaban J connectivity index is 0.000000640. The van der Waals surface area contributed by atoms with Crippen LogP contribution in [0.5, 0.6) is 0 Å². The number of rotatable bonds is 0. The molecule has 0 aliphatic rings. The topological polar surface area (TPSA) is 21.7 Å². The van der Waals surface area contributed by atoms with E-state index in [0.29, 0.717) is 0 Å². The fourth-order valence-electron chi connectivity index (χ4n) is 0.613. The molecule has 0 atom stereocenters. The van der Waals surface area contributed by atoms with Crippen LogP contribution < -0.4 is 4.68 Å². The summed E-state index contributed by atoms with van der Waals surface area (Å²) in [5.74, 6) is 0. The Morgan fingerprint density at radius 1 is 1.67 bits per heavy atom. The summed E-state index contributed by atoms with van der Waals surface area (Å²) in [4.78, 5) is 1.73. The van der Waals surface area contributed by atoms with E-state index in [1.807, 2.05) is 21.0 Å². The van der Waals surface area contributed by atoms with Crippen LogP contribution in [-0.4, -0.2) is 9.90 Å². The van der Waals surface area contributed by atoms with E-state index in [0.717, 1.165) is 5.69 Å². The minimum atomic E-state index is 0. The summed E-state index contributed by atoms with van der Waals surface area (Å²) < 4.78 is 1.80. The first-order valence-corrected chi connectivity index (χ1v) is 2.49. The Hall–Kier alpha value is 0.244. The number of aryl methyl sites for hydroxylation is 3. The van der Waals surface area contributed by atoms with E-state index in [-0.39, 0.29) is 32.7 Å². The van der Waals surface area contributed by atoms with Crippen molar-refractivity contribution < 1.29 is 37.4 Å². The van der Waals surface area contributed by atoms with E-state index < -0.39 is 0 Å². The van der Waals surface area contributed by atoms with Gasteiger partial charge < -0.3 is 4.68 Å². The molecule has 0 spiro atoms. The van der Waals surface area contributed by atoms with Gasteiger partial charge in [-0.2, -0.15) is 6.20 Å². The number of aromatic nitrogens is 3. The molecule has 0 aromatic carbocycles. The monoisotopic (exact) mass is 200 g/mol. The maximum Gasteiger partial charge on any atom is 0.0860 e. The minimum absolute atomic E-state index is 0. The average Bonchev–Trinajstić information content (AvgIpc) is 1.85. The van der Waals surface area contributed by atoms with Crippen LogP contribution in [0, 0.1) is 13.1 Å².